The first-order valence-electron chi connectivity index (χ1n) is 8.78. The minimum absolute atomic E-state index is 0.857. The Labute approximate surface area is 139 Å². The Morgan fingerprint density at radius 1 is 1.09 bits per heavy atom. The van der Waals surface area contributed by atoms with Crippen molar-refractivity contribution in [3.63, 3.8) is 0 Å². The molecular formula is C20H28N2O. The van der Waals surface area contributed by atoms with E-state index in [-0.39, 0.29) is 0 Å². The quantitative estimate of drug-likeness (QED) is 0.881. The monoisotopic (exact) mass is 312 g/mol. The maximum Gasteiger partial charge on any atom is 0.119 e. The van der Waals surface area contributed by atoms with Crippen LogP contribution in [-0.4, -0.2) is 38.2 Å². The standard InChI is InChI=1S/C20H28N2O/c1-3-21-14-16-8-10-22(11-9-16)15-17-4-5-19-13-20(23-2)7-6-18(19)12-17/h4-7,12-13,16,21H,3,8-11,14-15H2,1-2H3. The normalized spacial score (nSPS) is 16.8. The molecule has 3 rings (SSSR count). The highest BCUT2D eigenvalue weighted by molar-refractivity contribution is 5.84. The summed E-state index contributed by atoms with van der Waals surface area (Å²) in [7, 11) is 1.72. The number of likely N-dealkylation sites (tertiary alicyclic amines) is 1. The number of methoxy groups -OCH3 is 1. The molecule has 1 saturated heterocycles. The van der Waals surface area contributed by atoms with Crippen LogP contribution in [0.4, 0.5) is 0 Å². The van der Waals surface area contributed by atoms with Gasteiger partial charge < -0.3 is 10.1 Å². The molecule has 2 aromatic rings. The number of piperidine rings is 1. The van der Waals surface area contributed by atoms with Gasteiger partial charge in [0, 0.05) is 6.54 Å². The first kappa shape index (κ1) is 16.3. The second-order valence-corrected chi connectivity index (χ2v) is 6.57. The summed E-state index contributed by atoms with van der Waals surface area (Å²) >= 11 is 0. The van der Waals surface area contributed by atoms with Gasteiger partial charge in [-0.15, -0.1) is 0 Å². The highest BCUT2D eigenvalue weighted by atomic mass is 16.5. The minimum Gasteiger partial charge on any atom is -0.497 e. The maximum absolute atomic E-state index is 5.30. The second-order valence-electron chi connectivity index (χ2n) is 6.57. The number of nitrogens with zero attached hydrogens (tertiary/aromatic N) is 1. The zero-order valence-electron chi connectivity index (χ0n) is 14.3. The fraction of sp³-hybridized carbons (Fsp3) is 0.500. The summed E-state index contributed by atoms with van der Waals surface area (Å²) in [6.45, 7) is 7.96. The van der Waals surface area contributed by atoms with Gasteiger partial charge in [-0.3, -0.25) is 4.90 Å². The maximum atomic E-state index is 5.30. The summed E-state index contributed by atoms with van der Waals surface area (Å²) in [5.41, 5.74) is 1.41. The molecule has 1 N–H and O–H groups in total. The second kappa shape index (κ2) is 7.80. The Morgan fingerprint density at radius 2 is 1.83 bits per heavy atom. The van der Waals surface area contributed by atoms with E-state index >= 15 is 0 Å². The van der Waals surface area contributed by atoms with Gasteiger partial charge in [-0.1, -0.05) is 25.1 Å². The van der Waals surface area contributed by atoms with Crippen LogP contribution in [0.2, 0.25) is 0 Å². The number of rotatable bonds is 6. The van der Waals surface area contributed by atoms with Crippen LogP contribution < -0.4 is 10.1 Å². The minimum atomic E-state index is 0.857. The third-order valence-electron chi connectivity index (χ3n) is 4.91. The molecule has 0 radical (unpaired) electrons. The Bertz CT molecular complexity index is 633. The largest absolute Gasteiger partial charge is 0.497 e. The van der Waals surface area contributed by atoms with E-state index in [4.69, 9.17) is 4.74 Å². The molecule has 3 nitrogen and oxygen atoms in total. The third kappa shape index (κ3) is 4.24. The fourth-order valence-electron chi connectivity index (χ4n) is 3.45. The molecule has 3 heteroatoms. The molecule has 0 unspecified atom stereocenters. The van der Waals surface area contributed by atoms with Crippen LogP contribution in [0.3, 0.4) is 0 Å². The van der Waals surface area contributed by atoms with Crippen molar-refractivity contribution in [2.75, 3.05) is 33.3 Å². The molecule has 1 fully saturated rings. The van der Waals surface area contributed by atoms with Crippen molar-refractivity contribution in [1.29, 1.82) is 0 Å². The lowest BCUT2D eigenvalue weighted by Crippen LogP contribution is -2.36. The van der Waals surface area contributed by atoms with Crippen LogP contribution in [0.5, 0.6) is 5.75 Å². The van der Waals surface area contributed by atoms with Crippen molar-refractivity contribution in [3.05, 3.63) is 42.0 Å². The highest BCUT2D eigenvalue weighted by Gasteiger charge is 2.18. The van der Waals surface area contributed by atoms with Crippen LogP contribution in [0.15, 0.2) is 36.4 Å². The number of fused-ring (bicyclic) bond motifs is 1. The zero-order valence-corrected chi connectivity index (χ0v) is 14.3. The SMILES string of the molecule is CCNCC1CCN(Cc2ccc3cc(OC)ccc3c2)CC1. The van der Waals surface area contributed by atoms with Gasteiger partial charge in [0.2, 0.25) is 0 Å². The van der Waals surface area contributed by atoms with Crippen LogP contribution in [0.25, 0.3) is 10.8 Å². The first-order valence-corrected chi connectivity index (χ1v) is 8.78. The molecule has 23 heavy (non-hydrogen) atoms. The molecule has 0 atom stereocenters. The molecular weight excluding hydrogens is 284 g/mol. The number of hydrogen-bond acceptors (Lipinski definition) is 3. The van der Waals surface area contributed by atoms with E-state index in [9.17, 15) is 0 Å². The van der Waals surface area contributed by atoms with Crippen molar-refractivity contribution in [1.82, 2.24) is 10.2 Å². The van der Waals surface area contributed by atoms with Gasteiger partial charge in [0.25, 0.3) is 0 Å². The fourth-order valence-corrected chi connectivity index (χ4v) is 3.45. The number of nitrogens with one attached hydrogen (secondary N) is 1. The Morgan fingerprint density at radius 3 is 2.57 bits per heavy atom. The van der Waals surface area contributed by atoms with Crippen molar-refractivity contribution < 1.29 is 4.74 Å². The summed E-state index contributed by atoms with van der Waals surface area (Å²) in [5.74, 6) is 1.78. The predicted molar refractivity (Wildman–Crippen MR) is 97.0 cm³/mol. The molecule has 0 aliphatic carbocycles. The molecule has 124 valence electrons. The number of ether oxygens (including phenoxy) is 1. The van der Waals surface area contributed by atoms with Gasteiger partial charge >= 0.3 is 0 Å². The van der Waals surface area contributed by atoms with E-state index in [0.717, 1.165) is 24.8 Å². The predicted octanol–water partition coefficient (Wildman–Crippen LogP) is 3.67. The molecule has 0 aromatic heterocycles. The zero-order chi connectivity index (χ0) is 16.1. The molecule has 1 aliphatic rings. The summed E-state index contributed by atoms with van der Waals surface area (Å²) in [6, 6.07) is 13.1. The van der Waals surface area contributed by atoms with Gasteiger partial charge in [0.15, 0.2) is 0 Å². The third-order valence-corrected chi connectivity index (χ3v) is 4.91. The van der Waals surface area contributed by atoms with Gasteiger partial charge in [-0.2, -0.15) is 0 Å². The van der Waals surface area contributed by atoms with E-state index in [1.807, 2.05) is 6.07 Å². The summed E-state index contributed by atoms with van der Waals surface area (Å²) < 4.78 is 5.30. The van der Waals surface area contributed by atoms with Crippen molar-refractivity contribution >= 4 is 10.8 Å². The molecule has 0 saturated carbocycles. The lowest BCUT2D eigenvalue weighted by Gasteiger charge is -2.32. The van der Waals surface area contributed by atoms with Crippen molar-refractivity contribution in [3.8, 4) is 5.75 Å². The number of benzene rings is 2. The van der Waals surface area contributed by atoms with Crippen LogP contribution in [-0.2, 0) is 6.54 Å². The van der Waals surface area contributed by atoms with Crippen molar-refractivity contribution in [2.24, 2.45) is 5.92 Å². The van der Waals surface area contributed by atoms with Gasteiger partial charge in [0.1, 0.15) is 5.75 Å². The Hall–Kier alpha value is -1.58. The average molecular weight is 312 g/mol. The van der Waals surface area contributed by atoms with Gasteiger partial charge in [0.05, 0.1) is 7.11 Å². The van der Waals surface area contributed by atoms with Crippen molar-refractivity contribution in [2.45, 2.75) is 26.3 Å². The topological polar surface area (TPSA) is 24.5 Å². The Balaban J connectivity index is 1.59. The van der Waals surface area contributed by atoms with Gasteiger partial charge in [-0.25, -0.2) is 0 Å². The molecule has 0 amide bonds. The smallest absolute Gasteiger partial charge is 0.119 e. The molecule has 0 bridgehead atoms. The summed E-state index contributed by atoms with van der Waals surface area (Å²) in [4.78, 5) is 2.59. The first-order chi connectivity index (χ1) is 11.3. The van der Waals surface area contributed by atoms with Gasteiger partial charge in [-0.05, 0) is 79.5 Å². The van der Waals surface area contributed by atoms with E-state index in [1.165, 1.54) is 48.8 Å². The summed E-state index contributed by atoms with van der Waals surface area (Å²) in [6.07, 6.45) is 2.63. The van der Waals surface area contributed by atoms with E-state index < -0.39 is 0 Å². The molecule has 0 spiro atoms. The van der Waals surface area contributed by atoms with Crippen LogP contribution in [0.1, 0.15) is 25.3 Å². The average Bonchev–Trinajstić information content (AvgIpc) is 2.60. The van der Waals surface area contributed by atoms with E-state index in [0.29, 0.717) is 0 Å². The highest BCUT2D eigenvalue weighted by Crippen LogP contribution is 2.24. The lowest BCUT2D eigenvalue weighted by molar-refractivity contribution is 0.176. The molecule has 1 aliphatic heterocycles. The lowest BCUT2D eigenvalue weighted by atomic mass is 9.96. The Kier molecular flexibility index (Phi) is 5.52. The summed E-state index contributed by atoms with van der Waals surface area (Å²) in [5, 5.41) is 6.03. The van der Waals surface area contributed by atoms with E-state index in [1.54, 1.807) is 7.11 Å². The van der Waals surface area contributed by atoms with Crippen LogP contribution in [0, 0.1) is 5.92 Å². The van der Waals surface area contributed by atoms with Crippen LogP contribution >= 0.6 is 0 Å². The molecule has 2 aromatic carbocycles. The van der Waals surface area contributed by atoms with E-state index in [2.05, 4.69) is 47.5 Å². The number of hydrogen-bond donors (Lipinski definition) is 1. The molecule has 1 heterocycles.